The standard InChI is InChI=1S/C14H19NO2S/c1-3-7-14-12(2)10-11-15(14)18(16,17)13-8-5-4-6-9-13/h3-6,8-9,12,14H,1,7,10-11H2,2H3. The number of rotatable bonds is 4. The smallest absolute Gasteiger partial charge is 0.207 e. The minimum atomic E-state index is -3.36. The van der Waals surface area contributed by atoms with E-state index >= 15 is 0 Å². The molecule has 0 N–H and O–H groups in total. The molecule has 1 aliphatic rings. The molecule has 1 heterocycles. The summed E-state index contributed by atoms with van der Waals surface area (Å²) in [5.41, 5.74) is 0. The number of sulfonamides is 1. The zero-order chi connectivity index (χ0) is 13.2. The van der Waals surface area contributed by atoms with Crippen molar-refractivity contribution in [1.82, 2.24) is 4.31 Å². The Kier molecular flexibility index (Phi) is 3.88. The van der Waals surface area contributed by atoms with Gasteiger partial charge in [0.2, 0.25) is 10.0 Å². The summed E-state index contributed by atoms with van der Waals surface area (Å²) in [5, 5.41) is 0. The Balaban J connectivity index is 2.33. The Bertz CT molecular complexity index is 510. The number of benzene rings is 1. The lowest BCUT2D eigenvalue weighted by Gasteiger charge is -2.25. The topological polar surface area (TPSA) is 37.4 Å². The maximum Gasteiger partial charge on any atom is 0.243 e. The van der Waals surface area contributed by atoms with E-state index in [0.717, 1.165) is 6.42 Å². The third-order valence-corrected chi connectivity index (χ3v) is 5.53. The van der Waals surface area contributed by atoms with Crippen LogP contribution >= 0.6 is 0 Å². The molecule has 0 radical (unpaired) electrons. The Morgan fingerprint density at radius 2 is 2.06 bits per heavy atom. The van der Waals surface area contributed by atoms with Gasteiger partial charge in [0.05, 0.1) is 4.90 Å². The zero-order valence-electron chi connectivity index (χ0n) is 10.6. The molecule has 2 rings (SSSR count). The maximum atomic E-state index is 12.6. The van der Waals surface area contributed by atoms with E-state index in [9.17, 15) is 8.42 Å². The predicted octanol–water partition coefficient (Wildman–Crippen LogP) is 2.66. The summed E-state index contributed by atoms with van der Waals surface area (Å²) in [6, 6.07) is 8.70. The van der Waals surface area contributed by atoms with Gasteiger partial charge in [0, 0.05) is 12.6 Å². The van der Waals surface area contributed by atoms with Crippen molar-refractivity contribution < 1.29 is 8.42 Å². The van der Waals surface area contributed by atoms with Crippen molar-refractivity contribution in [2.45, 2.75) is 30.7 Å². The van der Waals surface area contributed by atoms with Crippen LogP contribution in [0.3, 0.4) is 0 Å². The molecule has 0 saturated carbocycles. The van der Waals surface area contributed by atoms with Crippen LogP contribution in [0.2, 0.25) is 0 Å². The highest BCUT2D eigenvalue weighted by Crippen LogP contribution is 2.31. The Morgan fingerprint density at radius 3 is 2.67 bits per heavy atom. The summed E-state index contributed by atoms with van der Waals surface area (Å²) in [4.78, 5) is 0.383. The second-order valence-corrected chi connectivity index (χ2v) is 6.68. The van der Waals surface area contributed by atoms with Crippen molar-refractivity contribution in [3.63, 3.8) is 0 Å². The summed E-state index contributed by atoms with van der Waals surface area (Å²) in [6.07, 6.45) is 3.44. The molecule has 1 saturated heterocycles. The van der Waals surface area contributed by atoms with Gasteiger partial charge in [0.1, 0.15) is 0 Å². The quantitative estimate of drug-likeness (QED) is 0.785. The van der Waals surface area contributed by atoms with E-state index in [1.807, 2.05) is 6.07 Å². The minimum Gasteiger partial charge on any atom is -0.207 e. The van der Waals surface area contributed by atoms with Crippen LogP contribution in [0.1, 0.15) is 19.8 Å². The number of nitrogens with zero attached hydrogens (tertiary/aromatic N) is 1. The zero-order valence-corrected chi connectivity index (χ0v) is 11.4. The van der Waals surface area contributed by atoms with Crippen molar-refractivity contribution >= 4 is 10.0 Å². The van der Waals surface area contributed by atoms with Gasteiger partial charge >= 0.3 is 0 Å². The van der Waals surface area contributed by atoms with Gasteiger partial charge in [-0.2, -0.15) is 4.31 Å². The van der Waals surface area contributed by atoms with Crippen molar-refractivity contribution in [2.75, 3.05) is 6.54 Å². The lowest BCUT2D eigenvalue weighted by Crippen LogP contribution is -2.37. The molecule has 0 amide bonds. The van der Waals surface area contributed by atoms with Crippen molar-refractivity contribution in [2.24, 2.45) is 5.92 Å². The molecule has 1 aromatic carbocycles. The number of hydrogen-bond donors (Lipinski definition) is 0. The van der Waals surface area contributed by atoms with E-state index in [1.54, 1.807) is 34.6 Å². The van der Waals surface area contributed by atoms with Crippen LogP contribution in [0.4, 0.5) is 0 Å². The largest absolute Gasteiger partial charge is 0.243 e. The molecule has 98 valence electrons. The van der Waals surface area contributed by atoms with E-state index in [0.29, 0.717) is 23.8 Å². The molecule has 3 nitrogen and oxygen atoms in total. The summed E-state index contributed by atoms with van der Waals surface area (Å²) < 4.78 is 26.7. The molecule has 2 atom stereocenters. The van der Waals surface area contributed by atoms with Crippen LogP contribution in [0.25, 0.3) is 0 Å². The molecule has 1 fully saturated rings. The minimum absolute atomic E-state index is 0.0488. The van der Waals surface area contributed by atoms with Gasteiger partial charge < -0.3 is 0 Å². The lowest BCUT2D eigenvalue weighted by molar-refractivity contribution is 0.350. The lowest BCUT2D eigenvalue weighted by atomic mass is 10.0. The predicted molar refractivity (Wildman–Crippen MR) is 72.7 cm³/mol. The molecule has 0 aromatic heterocycles. The van der Waals surface area contributed by atoms with Crippen LogP contribution in [0.15, 0.2) is 47.9 Å². The summed E-state index contributed by atoms with van der Waals surface area (Å²) in [7, 11) is -3.36. The van der Waals surface area contributed by atoms with Gasteiger partial charge in [-0.15, -0.1) is 6.58 Å². The normalized spacial score (nSPS) is 25.2. The fraction of sp³-hybridized carbons (Fsp3) is 0.429. The van der Waals surface area contributed by atoms with E-state index in [2.05, 4.69) is 13.5 Å². The Hall–Kier alpha value is -1.13. The molecule has 0 spiro atoms. The SMILES string of the molecule is C=CCC1C(C)CCN1S(=O)(=O)c1ccccc1. The summed E-state index contributed by atoms with van der Waals surface area (Å²) in [6.45, 7) is 6.44. The molecule has 18 heavy (non-hydrogen) atoms. The van der Waals surface area contributed by atoms with Crippen molar-refractivity contribution in [3.05, 3.63) is 43.0 Å². The van der Waals surface area contributed by atoms with Crippen LogP contribution < -0.4 is 0 Å². The Morgan fingerprint density at radius 1 is 1.39 bits per heavy atom. The van der Waals surface area contributed by atoms with Crippen molar-refractivity contribution in [1.29, 1.82) is 0 Å². The third-order valence-electron chi connectivity index (χ3n) is 3.59. The summed E-state index contributed by atoms with van der Waals surface area (Å²) in [5.74, 6) is 0.390. The molecule has 1 aromatic rings. The number of hydrogen-bond acceptors (Lipinski definition) is 2. The first-order chi connectivity index (χ1) is 8.57. The highest BCUT2D eigenvalue weighted by atomic mass is 32.2. The average molecular weight is 265 g/mol. The first kappa shape index (κ1) is 13.3. The average Bonchev–Trinajstić information content (AvgIpc) is 2.73. The van der Waals surface area contributed by atoms with Gasteiger partial charge in [0.25, 0.3) is 0 Å². The van der Waals surface area contributed by atoms with Gasteiger partial charge in [-0.05, 0) is 30.9 Å². The molecule has 0 aliphatic carbocycles. The van der Waals surface area contributed by atoms with Crippen LogP contribution in [-0.2, 0) is 10.0 Å². The van der Waals surface area contributed by atoms with Crippen LogP contribution in [0, 0.1) is 5.92 Å². The maximum absolute atomic E-state index is 12.6. The third kappa shape index (κ3) is 2.35. The second kappa shape index (κ2) is 5.24. The fourth-order valence-corrected chi connectivity index (χ4v) is 4.29. The molecule has 1 aliphatic heterocycles. The molecular weight excluding hydrogens is 246 g/mol. The first-order valence-corrected chi connectivity index (χ1v) is 7.69. The molecule has 0 bridgehead atoms. The molecule has 2 unspecified atom stereocenters. The molecule has 4 heteroatoms. The van der Waals surface area contributed by atoms with E-state index < -0.39 is 10.0 Å². The Labute approximate surface area is 109 Å². The van der Waals surface area contributed by atoms with Gasteiger partial charge in [-0.25, -0.2) is 8.42 Å². The molecular formula is C14H19NO2S. The highest BCUT2D eigenvalue weighted by Gasteiger charge is 2.38. The van der Waals surface area contributed by atoms with E-state index in [-0.39, 0.29) is 6.04 Å². The monoisotopic (exact) mass is 265 g/mol. The van der Waals surface area contributed by atoms with Gasteiger partial charge in [0.15, 0.2) is 0 Å². The van der Waals surface area contributed by atoms with E-state index in [1.165, 1.54) is 0 Å². The van der Waals surface area contributed by atoms with Gasteiger partial charge in [-0.3, -0.25) is 0 Å². The first-order valence-electron chi connectivity index (χ1n) is 6.25. The van der Waals surface area contributed by atoms with E-state index in [4.69, 9.17) is 0 Å². The van der Waals surface area contributed by atoms with Crippen molar-refractivity contribution in [3.8, 4) is 0 Å². The summed E-state index contributed by atoms with van der Waals surface area (Å²) >= 11 is 0. The second-order valence-electron chi connectivity index (χ2n) is 4.79. The van der Waals surface area contributed by atoms with Crippen LogP contribution in [-0.4, -0.2) is 25.3 Å². The highest BCUT2D eigenvalue weighted by molar-refractivity contribution is 7.89. The van der Waals surface area contributed by atoms with Crippen LogP contribution in [0.5, 0.6) is 0 Å². The fourth-order valence-electron chi connectivity index (χ4n) is 2.52. The van der Waals surface area contributed by atoms with Gasteiger partial charge in [-0.1, -0.05) is 31.2 Å².